The van der Waals surface area contributed by atoms with E-state index >= 15 is 0 Å². The molecule has 0 fully saturated rings. The van der Waals surface area contributed by atoms with Crippen molar-refractivity contribution in [2.75, 3.05) is 5.32 Å². The summed E-state index contributed by atoms with van der Waals surface area (Å²) in [6, 6.07) is 4.41. The maximum Gasteiger partial charge on any atom is 0.309 e. The Hall–Kier alpha value is -2.43. The van der Waals surface area contributed by atoms with E-state index in [1.807, 2.05) is 0 Å². The summed E-state index contributed by atoms with van der Waals surface area (Å²) in [5.41, 5.74) is 0.964. The number of rotatable bonds is 6. The highest BCUT2D eigenvalue weighted by molar-refractivity contribution is 9.10. The van der Waals surface area contributed by atoms with Crippen LogP contribution in [0.2, 0.25) is 10.0 Å². The molecule has 0 saturated carbocycles. The Balaban J connectivity index is 1.75. The normalized spacial score (nSPS) is 12.0. The van der Waals surface area contributed by atoms with E-state index in [1.165, 1.54) is 11.6 Å². The highest BCUT2D eigenvalue weighted by atomic mass is 79.9. The minimum absolute atomic E-state index is 0.144. The fourth-order valence-electron chi connectivity index (χ4n) is 2.70. The quantitative estimate of drug-likeness (QED) is 0.391. The van der Waals surface area contributed by atoms with Gasteiger partial charge in [0.25, 0.3) is 0 Å². The predicted molar refractivity (Wildman–Crippen MR) is 112 cm³/mol. The fourth-order valence-corrected chi connectivity index (χ4v) is 3.59. The van der Waals surface area contributed by atoms with Crippen LogP contribution in [-0.2, 0) is 11.3 Å². The van der Waals surface area contributed by atoms with E-state index in [9.17, 15) is 14.9 Å². The van der Waals surface area contributed by atoms with Crippen molar-refractivity contribution >= 4 is 56.5 Å². The van der Waals surface area contributed by atoms with Gasteiger partial charge in [-0.3, -0.25) is 24.3 Å². The third kappa shape index (κ3) is 4.60. The van der Waals surface area contributed by atoms with Crippen molar-refractivity contribution < 1.29 is 9.72 Å². The molecular formula is C17H15BrCl2N6O3. The molecule has 0 aliphatic carbocycles. The lowest BCUT2D eigenvalue weighted by molar-refractivity contribution is -0.385. The summed E-state index contributed by atoms with van der Waals surface area (Å²) >= 11 is 15.5. The number of carbonyl (C=O) groups is 1. The van der Waals surface area contributed by atoms with Crippen molar-refractivity contribution in [1.82, 2.24) is 19.6 Å². The Bertz CT molecular complexity index is 1100. The van der Waals surface area contributed by atoms with Crippen LogP contribution in [0, 0.1) is 17.0 Å². The molecule has 12 heteroatoms. The molecule has 3 aromatic rings. The summed E-state index contributed by atoms with van der Waals surface area (Å²) in [6.07, 6.45) is 2.83. The lowest BCUT2D eigenvalue weighted by atomic mass is 10.2. The number of benzene rings is 1. The van der Waals surface area contributed by atoms with Crippen molar-refractivity contribution in [2.24, 2.45) is 0 Å². The van der Waals surface area contributed by atoms with Crippen LogP contribution in [-0.4, -0.2) is 30.4 Å². The number of hydrogen-bond acceptors (Lipinski definition) is 5. The zero-order valence-electron chi connectivity index (χ0n) is 15.3. The average molecular weight is 502 g/mol. The van der Waals surface area contributed by atoms with Crippen LogP contribution in [0.5, 0.6) is 0 Å². The number of carbonyl (C=O) groups excluding carboxylic acids is 1. The van der Waals surface area contributed by atoms with Crippen LogP contribution >= 0.6 is 39.1 Å². The second-order valence-corrected chi connectivity index (χ2v) is 7.94. The Kier molecular flexibility index (Phi) is 6.25. The number of nitrogens with zero attached hydrogens (tertiary/aromatic N) is 5. The largest absolute Gasteiger partial charge is 0.309 e. The van der Waals surface area contributed by atoms with Gasteiger partial charge in [0.05, 0.1) is 15.9 Å². The molecule has 9 nitrogen and oxygen atoms in total. The Morgan fingerprint density at radius 1 is 1.41 bits per heavy atom. The van der Waals surface area contributed by atoms with Gasteiger partial charge in [0, 0.05) is 16.2 Å². The van der Waals surface area contributed by atoms with E-state index in [2.05, 4.69) is 31.4 Å². The van der Waals surface area contributed by atoms with Gasteiger partial charge in [-0.1, -0.05) is 29.3 Å². The first-order valence-electron chi connectivity index (χ1n) is 8.33. The second-order valence-electron chi connectivity index (χ2n) is 6.24. The van der Waals surface area contributed by atoms with Gasteiger partial charge in [0.1, 0.15) is 17.9 Å². The van der Waals surface area contributed by atoms with Gasteiger partial charge in [-0.2, -0.15) is 10.2 Å². The topological polar surface area (TPSA) is 108 Å². The number of hydrogen-bond donors (Lipinski definition) is 1. The molecule has 152 valence electrons. The van der Waals surface area contributed by atoms with Gasteiger partial charge in [0.15, 0.2) is 5.82 Å². The third-order valence-corrected chi connectivity index (χ3v) is 5.44. The number of amides is 1. The molecule has 0 radical (unpaired) electrons. The molecule has 0 aliphatic rings. The van der Waals surface area contributed by atoms with Crippen LogP contribution in [0.1, 0.15) is 24.2 Å². The molecular weight excluding hydrogens is 487 g/mol. The van der Waals surface area contributed by atoms with E-state index in [-0.39, 0.29) is 5.69 Å². The van der Waals surface area contributed by atoms with E-state index in [0.29, 0.717) is 32.6 Å². The Morgan fingerprint density at radius 2 is 2.14 bits per heavy atom. The highest BCUT2D eigenvalue weighted by Crippen LogP contribution is 2.26. The molecule has 1 N–H and O–H groups in total. The van der Waals surface area contributed by atoms with E-state index < -0.39 is 16.9 Å². The van der Waals surface area contributed by atoms with Crippen molar-refractivity contribution in [3.8, 4) is 0 Å². The number of nitro groups is 1. The van der Waals surface area contributed by atoms with Crippen molar-refractivity contribution in [3.63, 3.8) is 0 Å². The first-order chi connectivity index (χ1) is 13.7. The van der Waals surface area contributed by atoms with Crippen LogP contribution in [0.15, 0.2) is 35.1 Å². The van der Waals surface area contributed by atoms with E-state index in [0.717, 1.165) is 11.8 Å². The van der Waals surface area contributed by atoms with Crippen LogP contribution in [0.4, 0.5) is 11.5 Å². The molecule has 2 heterocycles. The maximum atomic E-state index is 12.6. The molecule has 0 saturated heterocycles. The number of aromatic nitrogens is 4. The Morgan fingerprint density at radius 3 is 2.76 bits per heavy atom. The summed E-state index contributed by atoms with van der Waals surface area (Å²) in [5, 5.41) is 23.0. The first-order valence-corrected chi connectivity index (χ1v) is 9.88. The number of nitrogens with one attached hydrogen (secondary N) is 1. The van der Waals surface area contributed by atoms with Crippen LogP contribution in [0.3, 0.4) is 0 Å². The molecule has 1 unspecified atom stereocenters. The molecule has 29 heavy (non-hydrogen) atoms. The van der Waals surface area contributed by atoms with Crippen molar-refractivity contribution in [1.29, 1.82) is 0 Å². The van der Waals surface area contributed by atoms with Gasteiger partial charge in [0.2, 0.25) is 5.91 Å². The van der Waals surface area contributed by atoms with Crippen molar-refractivity contribution in [3.05, 3.63) is 66.5 Å². The monoisotopic (exact) mass is 500 g/mol. The van der Waals surface area contributed by atoms with Gasteiger partial charge < -0.3 is 5.32 Å². The van der Waals surface area contributed by atoms with E-state index in [1.54, 1.807) is 36.0 Å². The standard InChI is InChI=1S/C17H15BrCl2N6O3/c1-9-15(26(28)29)6-21-25(9)10(2)17(27)22-16-13(18)8-24(23-16)7-11-3-4-12(19)5-14(11)20/h3-6,8,10H,7H2,1-2H3,(H,22,23,27). The molecule has 0 bridgehead atoms. The first kappa shape index (κ1) is 21.3. The third-order valence-electron chi connectivity index (χ3n) is 4.27. The summed E-state index contributed by atoms with van der Waals surface area (Å²) in [6.45, 7) is 3.51. The average Bonchev–Trinajstić information content (AvgIpc) is 3.19. The molecule has 1 amide bonds. The van der Waals surface area contributed by atoms with Crippen LogP contribution in [0.25, 0.3) is 0 Å². The van der Waals surface area contributed by atoms with Gasteiger partial charge in [-0.25, -0.2) is 0 Å². The summed E-state index contributed by atoms with van der Waals surface area (Å²) in [5.74, 6) is -0.104. The molecule has 0 aliphatic heterocycles. The summed E-state index contributed by atoms with van der Waals surface area (Å²) < 4.78 is 3.49. The number of anilines is 1. The van der Waals surface area contributed by atoms with Crippen LogP contribution < -0.4 is 5.32 Å². The lowest BCUT2D eigenvalue weighted by Gasteiger charge is -2.13. The van der Waals surface area contributed by atoms with Gasteiger partial charge in [-0.15, -0.1) is 0 Å². The smallest absolute Gasteiger partial charge is 0.306 e. The van der Waals surface area contributed by atoms with Gasteiger partial charge >= 0.3 is 5.69 Å². The van der Waals surface area contributed by atoms with E-state index in [4.69, 9.17) is 23.2 Å². The summed E-state index contributed by atoms with van der Waals surface area (Å²) in [4.78, 5) is 23.0. The zero-order chi connectivity index (χ0) is 21.3. The zero-order valence-corrected chi connectivity index (χ0v) is 18.4. The second kappa shape index (κ2) is 8.52. The summed E-state index contributed by atoms with van der Waals surface area (Å²) in [7, 11) is 0. The fraction of sp³-hybridized carbons (Fsp3) is 0.235. The molecule has 1 aromatic carbocycles. The minimum Gasteiger partial charge on any atom is -0.306 e. The maximum absolute atomic E-state index is 12.6. The predicted octanol–water partition coefficient (Wildman–Crippen LogP) is 4.61. The van der Waals surface area contributed by atoms with Gasteiger partial charge in [-0.05, 0) is 47.5 Å². The van der Waals surface area contributed by atoms with Crippen molar-refractivity contribution in [2.45, 2.75) is 26.4 Å². The SMILES string of the molecule is Cc1c([N+](=O)[O-])cnn1C(C)C(=O)Nc1nn(Cc2ccc(Cl)cc2Cl)cc1Br. The highest BCUT2D eigenvalue weighted by Gasteiger charge is 2.24. The lowest BCUT2D eigenvalue weighted by Crippen LogP contribution is -2.25. The molecule has 0 spiro atoms. The molecule has 2 aromatic heterocycles. The Labute approximate surface area is 183 Å². The number of halogens is 3. The molecule has 1 atom stereocenters. The minimum atomic E-state index is -0.772. The molecule has 3 rings (SSSR count).